The van der Waals surface area contributed by atoms with Gasteiger partial charge in [0.1, 0.15) is 5.75 Å². The number of pyridine rings is 1. The number of nitrogens with zero attached hydrogens (tertiary/aromatic N) is 7. The van der Waals surface area contributed by atoms with Crippen LogP contribution in [0.15, 0.2) is 41.7 Å². The van der Waals surface area contributed by atoms with E-state index in [1.807, 2.05) is 31.1 Å². The third-order valence-corrected chi connectivity index (χ3v) is 7.51. The molecule has 5 heterocycles. The Hall–Kier alpha value is -4.10. The molecular formula is C27H31N9O3S. The van der Waals surface area contributed by atoms with Crippen molar-refractivity contribution < 1.29 is 14.3 Å². The molecule has 2 amide bonds. The van der Waals surface area contributed by atoms with Gasteiger partial charge in [-0.2, -0.15) is 0 Å². The van der Waals surface area contributed by atoms with Crippen LogP contribution in [0.3, 0.4) is 0 Å². The Kier molecular flexibility index (Phi) is 8.51. The third kappa shape index (κ3) is 6.54. The van der Waals surface area contributed by atoms with E-state index < -0.39 is 5.91 Å². The van der Waals surface area contributed by atoms with Crippen molar-refractivity contribution in [1.82, 2.24) is 35.6 Å². The second-order valence-corrected chi connectivity index (χ2v) is 10.7. The lowest BCUT2D eigenvalue weighted by Crippen LogP contribution is -2.38. The minimum Gasteiger partial charge on any atom is -0.495 e. The molecule has 3 aromatic rings. The number of piperidine rings is 1. The van der Waals surface area contributed by atoms with Gasteiger partial charge in [-0.05, 0) is 61.3 Å². The van der Waals surface area contributed by atoms with Crippen LogP contribution in [-0.2, 0) is 11.3 Å². The third-order valence-electron chi connectivity index (χ3n) is 6.69. The first-order valence-electron chi connectivity index (χ1n) is 13.0. The fourth-order valence-corrected chi connectivity index (χ4v) is 5.19. The van der Waals surface area contributed by atoms with Crippen LogP contribution in [0.25, 0.3) is 17.3 Å². The van der Waals surface area contributed by atoms with Crippen LogP contribution in [0.5, 0.6) is 5.75 Å². The van der Waals surface area contributed by atoms with Crippen LogP contribution in [0.1, 0.15) is 24.2 Å². The lowest BCUT2D eigenvalue weighted by atomic mass is 9.97. The van der Waals surface area contributed by atoms with Gasteiger partial charge in [0.15, 0.2) is 0 Å². The van der Waals surface area contributed by atoms with Crippen LogP contribution in [0.2, 0.25) is 0 Å². The number of nitrogens with one attached hydrogen (secondary N) is 2. The monoisotopic (exact) mass is 561 g/mol. The zero-order chi connectivity index (χ0) is 28.1. The maximum atomic E-state index is 11.8. The van der Waals surface area contributed by atoms with E-state index in [0.717, 1.165) is 66.9 Å². The highest BCUT2D eigenvalue weighted by Gasteiger charge is 2.26. The van der Waals surface area contributed by atoms with Gasteiger partial charge in [-0.3, -0.25) is 14.9 Å². The summed E-state index contributed by atoms with van der Waals surface area (Å²) in [5, 5.41) is 5.45. The van der Waals surface area contributed by atoms with Crippen molar-refractivity contribution in [3.05, 3.63) is 53.1 Å². The standard InChI is InChI=1S/C27H31N9O3S/c1-35(2)25-30-14-18(15-31-25)20-4-5-22(39-3)21(33-20)16-28-13-17-7-10-36(11-8-17)26-29-9-6-19(32-26)12-23-24(37)34-27(38)40-23/h4-6,9,12,14-15,17,28H,7-8,10-11,13,16H2,1-3H3,(H,34,37,38)/b23-12+. The Morgan fingerprint density at radius 1 is 1.12 bits per heavy atom. The van der Waals surface area contributed by atoms with Crippen molar-refractivity contribution >= 4 is 40.9 Å². The predicted octanol–water partition coefficient (Wildman–Crippen LogP) is 2.73. The number of hydrogen-bond acceptors (Lipinski definition) is 12. The van der Waals surface area contributed by atoms with Crippen molar-refractivity contribution in [1.29, 1.82) is 0 Å². The van der Waals surface area contributed by atoms with Gasteiger partial charge in [0.25, 0.3) is 11.1 Å². The Labute approximate surface area is 236 Å². The maximum Gasteiger partial charge on any atom is 0.290 e. The van der Waals surface area contributed by atoms with E-state index in [1.54, 1.807) is 37.8 Å². The highest BCUT2D eigenvalue weighted by molar-refractivity contribution is 8.18. The van der Waals surface area contributed by atoms with E-state index in [4.69, 9.17) is 9.72 Å². The van der Waals surface area contributed by atoms with Crippen molar-refractivity contribution in [2.75, 3.05) is 50.6 Å². The number of thioether (sulfide) groups is 1. The number of carbonyl (C=O) groups excluding carboxylic acids is 2. The first kappa shape index (κ1) is 27.5. The average Bonchev–Trinajstić information content (AvgIpc) is 3.29. The molecule has 208 valence electrons. The number of methoxy groups -OCH3 is 1. The summed E-state index contributed by atoms with van der Waals surface area (Å²) in [7, 11) is 5.46. The highest BCUT2D eigenvalue weighted by Crippen LogP contribution is 2.27. The van der Waals surface area contributed by atoms with Gasteiger partial charge in [0.05, 0.1) is 29.1 Å². The van der Waals surface area contributed by atoms with E-state index in [-0.39, 0.29) is 5.24 Å². The fraction of sp³-hybridized carbons (Fsp3) is 0.370. The Bertz CT molecular complexity index is 1410. The number of hydrogen-bond donors (Lipinski definition) is 2. The molecule has 13 heteroatoms. The second kappa shape index (κ2) is 12.4. The fourth-order valence-electron chi connectivity index (χ4n) is 4.53. The number of carbonyl (C=O) groups is 2. The highest BCUT2D eigenvalue weighted by atomic mass is 32.2. The molecule has 3 aromatic heterocycles. The summed E-state index contributed by atoms with van der Waals surface area (Å²) in [5.74, 6) is 2.13. The van der Waals surface area contributed by atoms with E-state index in [1.165, 1.54) is 0 Å². The van der Waals surface area contributed by atoms with Crippen molar-refractivity contribution in [2.45, 2.75) is 19.4 Å². The van der Waals surface area contributed by atoms with Crippen LogP contribution >= 0.6 is 11.8 Å². The normalized spacial score (nSPS) is 16.9. The quantitative estimate of drug-likeness (QED) is 0.372. The molecule has 2 fully saturated rings. The lowest BCUT2D eigenvalue weighted by Gasteiger charge is -2.32. The number of amides is 2. The Balaban J connectivity index is 1.14. The molecule has 5 rings (SSSR count). The van der Waals surface area contributed by atoms with E-state index in [2.05, 4.69) is 35.5 Å². The van der Waals surface area contributed by atoms with Crippen LogP contribution in [-0.4, -0.2) is 76.9 Å². The minimum atomic E-state index is -0.393. The van der Waals surface area contributed by atoms with Gasteiger partial charge < -0.3 is 19.9 Å². The second-order valence-electron chi connectivity index (χ2n) is 9.71. The van der Waals surface area contributed by atoms with E-state index in [0.29, 0.717) is 35.0 Å². The summed E-state index contributed by atoms with van der Waals surface area (Å²) in [6.07, 6.45) is 8.85. The number of aromatic nitrogens is 5. The molecule has 0 unspecified atom stereocenters. The molecule has 0 bridgehead atoms. The largest absolute Gasteiger partial charge is 0.495 e. The zero-order valence-corrected chi connectivity index (χ0v) is 23.4. The van der Waals surface area contributed by atoms with Crippen molar-refractivity contribution in [3.8, 4) is 17.0 Å². The molecular weight excluding hydrogens is 530 g/mol. The molecule has 0 saturated carbocycles. The SMILES string of the molecule is COc1ccc(-c2cnc(N(C)C)nc2)nc1CNCC1CCN(c2nccc(/C=C3/SC(=O)NC3=O)n2)CC1. The first-order chi connectivity index (χ1) is 19.4. The van der Waals surface area contributed by atoms with Crippen LogP contribution in [0.4, 0.5) is 16.7 Å². The van der Waals surface area contributed by atoms with Gasteiger partial charge in [0, 0.05) is 57.9 Å². The molecule has 2 N–H and O–H groups in total. The summed E-state index contributed by atoms with van der Waals surface area (Å²) in [6.45, 7) is 3.11. The molecule has 12 nitrogen and oxygen atoms in total. The number of anilines is 2. The summed E-state index contributed by atoms with van der Waals surface area (Å²) >= 11 is 0.880. The minimum absolute atomic E-state index is 0.339. The molecule has 0 atom stereocenters. The number of imide groups is 1. The Morgan fingerprint density at radius 2 is 1.90 bits per heavy atom. The smallest absolute Gasteiger partial charge is 0.290 e. The maximum absolute atomic E-state index is 11.8. The lowest BCUT2D eigenvalue weighted by molar-refractivity contribution is -0.115. The van der Waals surface area contributed by atoms with Gasteiger partial charge in [-0.15, -0.1) is 0 Å². The Morgan fingerprint density at radius 3 is 2.58 bits per heavy atom. The predicted molar refractivity (Wildman–Crippen MR) is 154 cm³/mol. The van der Waals surface area contributed by atoms with E-state index in [9.17, 15) is 9.59 Å². The molecule has 40 heavy (non-hydrogen) atoms. The van der Waals surface area contributed by atoms with Gasteiger partial charge >= 0.3 is 0 Å². The molecule has 0 aromatic carbocycles. The molecule has 0 radical (unpaired) electrons. The number of ether oxygens (including phenoxy) is 1. The first-order valence-corrected chi connectivity index (χ1v) is 13.8. The molecule has 0 spiro atoms. The molecule has 2 saturated heterocycles. The van der Waals surface area contributed by atoms with Gasteiger partial charge in [-0.25, -0.2) is 24.9 Å². The zero-order valence-electron chi connectivity index (χ0n) is 22.6. The summed E-state index contributed by atoms with van der Waals surface area (Å²) in [6, 6.07) is 5.57. The molecule has 0 aliphatic carbocycles. The van der Waals surface area contributed by atoms with Gasteiger partial charge in [-0.1, -0.05) is 0 Å². The van der Waals surface area contributed by atoms with E-state index >= 15 is 0 Å². The number of rotatable bonds is 9. The summed E-state index contributed by atoms with van der Waals surface area (Å²) < 4.78 is 5.55. The van der Waals surface area contributed by atoms with Gasteiger partial charge in [0.2, 0.25) is 11.9 Å². The van der Waals surface area contributed by atoms with Crippen molar-refractivity contribution in [3.63, 3.8) is 0 Å². The van der Waals surface area contributed by atoms with Crippen LogP contribution < -0.4 is 25.2 Å². The van der Waals surface area contributed by atoms with Crippen molar-refractivity contribution in [2.24, 2.45) is 5.92 Å². The summed E-state index contributed by atoms with van der Waals surface area (Å²) in [5.41, 5.74) is 3.09. The van der Waals surface area contributed by atoms with Crippen LogP contribution in [0, 0.1) is 5.92 Å². The molecule has 2 aliphatic rings. The average molecular weight is 562 g/mol. The molecule has 2 aliphatic heterocycles. The summed E-state index contributed by atoms with van der Waals surface area (Å²) in [4.78, 5) is 50.2. The topological polar surface area (TPSA) is 138 Å².